The highest BCUT2D eigenvalue weighted by atomic mass is 35.5. The van der Waals surface area contributed by atoms with Crippen molar-refractivity contribution in [3.05, 3.63) is 101 Å². The van der Waals surface area contributed by atoms with E-state index in [1.54, 1.807) is 0 Å². The summed E-state index contributed by atoms with van der Waals surface area (Å²) in [7, 11) is 0. The molecule has 0 saturated heterocycles. The first-order valence-corrected chi connectivity index (χ1v) is 8.28. The van der Waals surface area contributed by atoms with E-state index in [9.17, 15) is 0 Å². The molecule has 0 radical (unpaired) electrons. The predicted octanol–water partition coefficient (Wildman–Crippen LogP) is 5.77. The molecule has 0 heterocycles. The van der Waals surface area contributed by atoms with Gasteiger partial charge in [0.25, 0.3) is 0 Å². The fourth-order valence-electron chi connectivity index (χ4n) is 2.47. The second-order valence-electron chi connectivity index (χ2n) is 5.57. The fraction of sp³-hybridized carbons (Fsp3) is 0.0952. The third-order valence-corrected chi connectivity index (χ3v) is 4.01. The van der Waals surface area contributed by atoms with Crippen LogP contribution in [0.15, 0.2) is 90.0 Å². The van der Waals surface area contributed by atoms with Crippen molar-refractivity contribution in [2.45, 2.75) is 13.5 Å². The molecule has 0 aliphatic rings. The summed E-state index contributed by atoms with van der Waals surface area (Å²) in [4.78, 5) is 0. The van der Waals surface area contributed by atoms with Crippen LogP contribution in [0.4, 0.5) is 5.69 Å². The first-order valence-electron chi connectivity index (χ1n) is 7.90. The highest BCUT2D eigenvalue weighted by Crippen LogP contribution is 2.19. The van der Waals surface area contributed by atoms with E-state index in [0.717, 1.165) is 28.5 Å². The van der Waals surface area contributed by atoms with Crippen molar-refractivity contribution in [2.75, 3.05) is 5.01 Å². The van der Waals surface area contributed by atoms with Gasteiger partial charge in [0.05, 0.1) is 17.9 Å². The summed E-state index contributed by atoms with van der Waals surface area (Å²) < 4.78 is 0. The summed E-state index contributed by atoms with van der Waals surface area (Å²) in [5, 5.41) is 7.61. The van der Waals surface area contributed by atoms with E-state index >= 15 is 0 Å². The Morgan fingerprint density at radius 3 is 2.04 bits per heavy atom. The number of para-hydroxylation sites is 1. The zero-order valence-corrected chi connectivity index (χ0v) is 14.3. The van der Waals surface area contributed by atoms with Crippen molar-refractivity contribution in [3.63, 3.8) is 0 Å². The quantitative estimate of drug-likeness (QED) is 0.427. The molecule has 0 bridgehead atoms. The molecule has 2 nitrogen and oxygen atoms in total. The van der Waals surface area contributed by atoms with Crippen LogP contribution in [0, 0.1) is 0 Å². The molecule has 0 atom stereocenters. The van der Waals surface area contributed by atoms with Crippen LogP contribution in [0.5, 0.6) is 0 Å². The van der Waals surface area contributed by atoms with Crippen LogP contribution in [-0.2, 0) is 6.54 Å². The Hall–Kier alpha value is -2.58. The van der Waals surface area contributed by atoms with Crippen LogP contribution in [-0.4, -0.2) is 5.71 Å². The van der Waals surface area contributed by atoms with Crippen LogP contribution < -0.4 is 5.01 Å². The number of nitrogens with zero attached hydrogens (tertiary/aromatic N) is 2. The zero-order valence-electron chi connectivity index (χ0n) is 13.6. The van der Waals surface area contributed by atoms with Crippen LogP contribution in [0.2, 0.25) is 5.02 Å². The van der Waals surface area contributed by atoms with Gasteiger partial charge in [-0.25, -0.2) is 0 Å². The van der Waals surface area contributed by atoms with E-state index in [0.29, 0.717) is 0 Å². The zero-order chi connectivity index (χ0) is 16.8. The summed E-state index contributed by atoms with van der Waals surface area (Å²) in [6, 6.07) is 28.3. The Kier molecular flexibility index (Phi) is 5.29. The van der Waals surface area contributed by atoms with Crippen LogP contribution in [0.1, 0.15) is 18.1 Å². The van der Waals surface area contributed by atoms with Gasteiger partial charge >= 0.3 is 0 Å². The molecular weight excluding hydrogens is 316 g/mol. The van der Waals surface area contributed by atoms with Crippen molar-refractivity contribution >= 4 is 23.0 Å². The SMILES string of the molecule is CC(=NN(Cc1ccccc1)c1ccccc1)c1ccc(Cl)cc1. The molecule has 0 spiro atoms. The van der Waals surface area contributed by atoms with E-state index < -0.39 is 0 Å². The molecule has 0 amide bonds. The molecule has 0 unspecified atom stereocenters. The summed E-state index contributed by atoms with van der Waals surface area (Å²) in [5.74, 6) is 0. The van der Waals surface area contributed by atoms with Gasteiger partial charge in [-0.15, -0.1) is 0 Å². The maximum atomic E-state index is 5.98. The minimum atomic E-state index is 0.718. The van der Waals surface area contributed by atoms with Crippen LogP contribution >= 0.6 is 11.6 Å². The lowest BCUT2D eigenvalue weighted by molar-refractivity contribution is 0.854. The standard InChI is InChI=1S/C21H19ClN2/c1-17(19-12-14-20(22)15-13-19)23-24(21-10-6-3-7-11-21)16-18-8-4-2-5-9-18/h2-15H,16H2,1H3. The van der Waals surface area contributed by atoms with Crippen molar-refractivity contribution in [3.8, 4) is 0 Å². The number of hydrogen-bond acceptors (Lipinski definition) is 2. The maximum Gasteiger partial charge on any atom is 0.0666 e. The monoisotopic (exact) mass is 334 g/mol. The Morgan fingerprint density at radius 2 is 1.42 bits per heavy atom. The number of anilines is 1. The molecule has 3 heteroatoms. The minimum absolute atomic E-state index is 0.718. The lowest BCUT2D eigenvalue weighted by Crippen LogP contribution is -2.18. The molecule has 0 fully saturated rings. The summed E-state index contributed by atoms with van der Waals surface area (Å²) in [5.41, 5.74) is 4.29. The lowest BCUT2D eigenvalue weighted by atomic mass is 10.1. The molecule has 0 aromatic heterocycles. The number of rotatable bonds is 5. The van der Waals surface area contributed by atoms with Crippen LogP contribution in [0.3, 0.4) is 0 Å². The second-order valence-corrected chi connectivity index (χ2v) is 6.01. The van der Waals surface area contributed by atoms with Gasteiger partial charge in [0, 0.05) is 5.02 Å². The van der Waals surface area contributed by atoms with Gasteiger partial charge < -0.3 is 0 Å². The van der Waals surface area contributed by atoms with Crippen molar-refractivity contribution in [2.24, 2.45) is 5.10 Å². The van der Waals surface area contributed by atoms with E-state index in [1.807, 2.05) is 72.6 Å². The third kappa shape index (κ3) is 4.24. The van der Waals surface area contributed by atoms with E-state index in [2.05, 4.69) is 24.3 Å². The summed E-state index contributed by atoms with van der Waals surface area (Å²) in [6.07, 6.45) is 0. The first kappa shape index (κ1) is 16.3. The number of hydrogen-bond donors (Lipinski definition) is 0. The molecular formula is C21H19ClN2. The average molecular weight is 335 g/mol. The lowest BCUT2D eigenvalue weighted by Gasteiger charge is -2.20. The average Bonchev–Trinajstić information content (AvgIpc) is 2.63. The van der Waals surface area contributed by atoms with Gasteiger partial charge in [-0.1, -0.05) is 72.3 Å². The smallest absolute Gasteiger partial charge is 0.0666 e. The molecule has 3 aromatic carbocycles. The Balaban J connectivity index is 1.92. The third-order valence-electron chi connectivity index (χ3n) is 3.76. The predicted molar refractivity (Wildman–Crippen MR) is 103 cm³/mol. The topological polar surface area (TPSA) is 15.6 Å². The maximum absolute atomic E-state index is 5.98. The first-order chi connectivity index (χ1) is 11.7. The Labute approximate surface area is 148 Å². The van der Waals surface area contributed by atoms with Crippen LogP contribution in [0.25, 0.3) is 0 Å². The number of benzene rings is 3. The summed E-state index contributed by atoms with van der Waals surface area (Å²) >= 11 is 5.98. The van der Waals surface area contributed by atoms with Gasteiger partial charge in [-0.2, -0.15) is 5.10 Å². The number of hydrazone groups is 1. The molecule has 0 saturated carbocycles. The fourth-order valence-corrected chi connectivity index (χ4v) is 2.60. The van der Waals surface area contributed by atoms with Gasteiger partial charge in [-0.05, 0) is 42.3 Å². The molecule has 3 rings (SSSR count). The minimum Gasteiger partial charge on any atom is -0.261 e. The molecule has 0 N–H and O–H groups in total. The molecule has 24 heavy (non-hydrogen) atoms. The Morgan fingerprint density at radius 1 is 0.833 bits per heavy atom. The second kappa shape index (κ2) is 7.80. The van der Waals surface area contributed by atoms with Crippen molar-refractivity contribution in [1.29, 1.82) is 0 Å². The Bertz CT molecular complexity index is 796. The van der Waals surface area contributed by atoms with Gasteiger partial charge in [0.1, 0.15) is 0 Å². The molecule has 120 valence electrons. The van der Waals surface area contributed by atoms with E-state index in [4.69, 9.17) is 16.7 Å². The highest BCUT2D eigenvalue weighted by Gasteiger charge is 2.07. The molecule has 0 aliphatic carbocycles. The summed E-state index contributed by atoms with van der Waals surface area (Å²) in [6.45, 7) is 2.74. The normalized spacial score (nSPS) is 11.3. The molecule has 3 aromatic rings. The van der Waals surface area contributed by atoms with Gasteiger partial charge in [0.15, 0.2) is 0 Å². The molecule has 0 aliphatic heterocycles. The van der Waals surface area contributed by atoms with Gasteiger partial charge in [0.2, 0.25) is 0 Å². The van der Waals surface area contributed by atoms with E-state index in [-0.39, 0.29) is 0 Å². The van der Waals surface area contributed by atoms with Crippen molar-refractivity contribution < 1.29 is 0 Å². The highest BCUT2D eigenvalue weighted by molar-refractivity contribution is 6.30. The van der Waals surface area contributed by atoms with Crippen molar-refractivity contribution in [1.82, 2.24) is 0 Å². The largest absolute Gasteiger partial charge is 0.261 e. The van der Waals surface area contributed by atoms with E-state index in [1.165, 1.54) is 5.56 Å². The number of halogens is 1. The van der Waals surface area contributed by atoms with Gasteiger partial charge in [-0.3, -0.25) is 5.01 Å².